The fourth-order valence-corrected chi connectivity index (χ4v) is 3.16. The summed E-state index contributed by atoms with van der Waals surface area (Å²) in [5.74, 6) is 1.71. The van der Waals surface area contributed by atoms with E-state index in [1.807, 2.05) is 12.1 Å². The van der Waals surface area contributed by atoms with E-state index in [-0.39, 0.29) is 11.8 Å². The fraction of sp³-hybridized carbons (Fsp3) is 0.381. The van der Waals surface area contributed by atoms with Gasteiger partial charge in [-0.25, -0.2) is 0 Å². The van der Waals surface area contributed by atoms with Crippen LogP contribution in [0, 0.1) is 0 Å². The summed E-state index contributed by atoms with van der Waals surface area (Å²) in [6.07, 6.45) is 1.70. The molecular formula is C21H26N2O4. The highest BCUT2D eigenvalue weighted by Crippen LogP contribution is 2.25. The number of phenolic OH excluding ortho intramolecular Hbond substituents is 1. The zero-order valence-corrected chi connectivity index (χ0v) is 15.8. The molecule has 6 heteroatoms. The van der Waals surface area contributed by atoms with Crippen LogP contribution in [0.5, 0.6) is 17.2 Å². The van der Waals surface area contributed by atoms with Gasteiger partial charge in [0, 0.05) is 24.9 Å². The lowest BCUT2D eigenvalue weighted by Crippen LogP contribution is -2.40. The average molecular weight is 370 g/mol. The van der Waals surface area contributed by atoms with Gasteiger partial charge < -0.3 is 19.3 Å². The van der Waals surface area contributed by atoms with Gasteiger partial charge in [-0.3, -0.25) is 9.89 Å². The van der Waals surface area contributed by atoms with E-state index in [4.69, 9.17) is 14.2 Å². The fourth-order valence-electron chi connectivity index (χ4n) is 3.16. The number of benzene rings is 2. The van der Waals surface area contributed by atoms with Crippen LogP contribution >= 0.6 is 0 Å². The van der Waals surface area contributed by atoms with Gasteiger partial charge in [-0.05, 0) is 35.9 Å². The van der Waals surface area contributed by atoms with Crippen molar-refractivity contribution in [2.24, 2.45) is 4.99 Å². The van der Waals surface area contributed by atoms with Crippen LogP contribution in [0.3, 0.4) is 0 Å². The summed E-state index contributed by atoms with van der Waals surface area (Å²) in [5.41, 5.74) is 1.83. The second-order valence-corrected chi connectivity index (χ2v) is 6.36. The van der Waals surface area contributed by atoms with Gasteiger partial charge in [0.2, 0.25) is 0 Å². The lowest BCUT2D eigenvalue weighted by molar-refractivity contribution is 0.0180. The minimum absolute atomic E-state index is 0.142. The summed E-state index contributed by atoms with van der Waals surface area (Å²) in [4.78, 5) is 7.00. The molecule has 0 aliphatic carbocycles. The van der Waals surface area contributed by atoms with Gasteiger partial charge >= 0.3 is 0 Å². The molecule has 0 amide bonds. The number of nitrogens with zero attached hydrogens (tertiary/aromatic N) is 2. The standard InChI is InChI=1S/C21H26N2O4/c1-25-18-5-3-16(4-6-18)20(23-9-11-27-12-10-23)15-22-14-17-13-19(26-2)7-8-21(17)24/h3-8,13-14,20,24H,9-12,15H2,1-2H3/t20-/m1/s1. The first kappa shape index (κ1) is 19.2. The second-order valence-electron chi connectivity index (χ2n) is 6.36. The third-order valence-electron chi connectivity index (χ3n) is 4.73. The smallest absolute Gasteiger partial charge is 0.124 e. The third-order valence-corrected chi connectivity index (χ3v) is 4.73. The van der Waals surface area contributed by atoms with Gasteiger partial charge in [-0.1, -0.05) is 12.1 Å². The molecule has 0 bridgehead atoms. The van der Waals surface area contributed by atoms with Crippen LogP contribution in [0.15, 0.2) is 47.5 Å². The number of hydrogen-bond donors (Lipinski definition) is 1. The Bertz CT molecular complexity index is 755. The molecule has 1 aliphatic rings. The Kier molecular flexibility index (Phi) is 6.68. The maximum Gasteiger partial charge on any atom is 0.124 e. The first-order chi connectivity index (χ1) is 13.2. The Labute approximate surface area is 160 Å². The molecule has 1 aliphatic heterocycles. The molecule has 2 aromatic rings. The zero-order chi connectivity index (χ0) is 19.1. The molecule has 2 aromatic carbocycles. The summed E-state index contributed by atoms with van der Waals surface area (Å²) in [6, 6.07) is 13.4. The Morgan fingerprint density at radius 2 is 1.74 bits per heavy atom. The van der Waals surface area contributed by atoms with Crippen molar-refractivity contribution in [3.63, 3.8) is 0 Å². The van der Waals surface area contributed by atoms with Crippen molar-refractivity contribution in [1.82, 2.24) is 4.90 Å². The Hall–Kier alpha value is -2.57. The quantitative estimate of drug-likeness (QED) is 0.760. The number of rotatable bonds is 7. The summed E-state index contributed by atoms with van der Waals surface area (Å²) in [5, 5.41) is 10.0. The SMILES string of the molecule is COc1ccc([C@@H](CN=Cc2cc(OC)ccc2O)N2CCOCC2)cc1. The zero-order valence-electron chi connectivity index (χ0n) is 15.8. The molecule has 27 heavy (non-hydrogen) atoms. The van der Waals surface area contributed by atoms with Crippen LogP contribution in [-0.2, 0) is 4.74 Å². The third kappa shape index (κ3) is 4.99. The van der Waals surface area contributed by atoms with Crippen LogP contribution in [0.1, 0.15) is 17.2 Å². The van der Waals surface area contributed by atoms with Crippen LogP contribution < -0.4 is 9.47 Å². The van der Waals surface area contributed by atoms with E-state index in [0.29, 0.717) is 17.9 Å². The molecular weight excluding hydrogens is 344 g/mol. The van der Waals surface area contributed by atoms with Gasteiger partial charge in [0.15, 0.2) is 0 Å². The van der Waals surface area contributed by atoms with E-state index >= 15 is 0 Å². The summed E-state index contributed by atoms with van der Waals surface area (Å²) >= 11 is 0. The second kappa shape index (κ2) is 9.39. The number of aromatic hydroxyl groups is 1. The van der Waals surface area contributed by atoms with Crippen molar-refractivity contribution >= 4 is 6.21 Å². The molecule has 3 rings (SSSR count). The van der Waals surface area contributed by atoms with Crippen LogP contribution in [0.4, 0.5) is 0 Å². The molecule has 1 N–H and O–H groups in total. The van der Waals surface area contributed by atoms with E-state index in [1.165, 1.54) is 5.56 Å². The normalized spacial score (nSPS) is 16.4. The van der Waals surface area contributed by atoms with Crippen LogP contribution in [-0.4, -0.2) is 63.3 Å². The van der Waals surface area contributed by atoms with E-state index in [2.05, 4.69) is 22.0 Å². The molecule has 1 heterocycles. The summed E-state index contributed by atoms with van der Waals surface area (Å²) in [7, 11) is 3.27. The molecule has 0 aromatic heterocycles. The van der Waals surface area contributed by atoms with Crippen molar-refractivity contribution in [2.45, 2.75) is 6.04 Å². The van der Waals surface area contributed by atoms with Crippen molar-refractivity contribution in [1.29, 1.82) is 0 Å². The Morgan fingerprint density at radius 1 is 1.07 bits per heavy atom. The molecule has 0 spiro atoms. The number of ether oxygens (including phenoxy) is 3. The molecule has 0 radical (unpaired) electrons. The maximum absolute atomic E-state index is 10.0. The van der Waals surface area contributed by atoms with E-state index in [9.17, 15) is 5.11 Å². The van der Waals surface area contributed by atoms with Gasteiger partial charge in [0.1, 0.15) is 17.2 Å². The summed E-state index contributed by atoms with van der Waals surface area (Å²) < 4.78 is 16.0. The molecule has 0 unspecified atom stereocenters. The van der Waals surface area contributed by atoms with E-state index in [0.717, 1.165) is 32.1 Å². The lowest BCUT2D eigenvalue weighted by Gasteiger charge is -2.34. The maximum atomic E-state index is 10.0. The number of methoxy groups -OCH3 is 2. The molecule has 1 saturated heterocycles. The molecule has 6 nitrogen and oxygen atoms in total. The van der Waals surface area contributed by atoms with Gasteiger partial charge in [0.05, 0.1) is 40.0 Å². The van der Waals surface area contributed by atoms with Crippen LogP contribution in [0.25, 0.3) is 0 Å². The minimum Gasteiger partial charge on any atom is -0.507 e. The van der Waals surface area contributed by atoms with Crippen LogP contribution in [0.2, 0.25) is 0 Å². The van der Waals surface area contributed by atoms with E-state index in [1.54, 1.807) is 38.6 Å². The van der Waals surface area contributed by atoms with Gasteiger partial charge in [0.25, 0.3) is 0 Å². The molecule has 1 atom stereocenters. The topological polar surface area (TPSA) is 63.5 Å². The van der Waals surface area contributed by atoms with Crippen molar-refractivity contribution in [2.75, 3.05) is 47.1 Å². The monoisotopic (exact) mass is 370 g/mol. The molecule has 0 saturated carbocycles. The largest absolute Gasteiger partial charge is 0.507 e. The highest BCUT2D eigenvalue weighted by Gasteiger charge is 2.22. The van der Waals surface area contributed by atoms with Gasteiger partial charge in [-0.15, -0.1) is 0 Å². The number of aliphatic imine (C=N–C) groups is 1. The highest BCUT2D eigenvalue weighted by molar-refractivity contribution is 5.84. The first-order valence-corrected chi connectivity index (χ1v) is 9.04. The molecule has 144 valence electrons. The predicted molar refractivity (Wildman–Crippen MR) is 105 cm³/mol. The molecule has 1 fully saturated rings. The van der Waals surface area contributed by atoms with Crippen molar-refractivity contribution < 1.29 is 19.3 Å². The van der Waals surface area contributed by atoms with Crippen molar-refractivity contribution in [3.8, 4) is 17.2 Å². The number of morpholine rings is 1. The number of hydrogen-bond acceptors (Lipinski definition) is 6. The first-order valence-electron chi connectivity index (χ1n) is 9.04. The predicted octanol–water partition coefficient (Wildman–Crippen LogP) is 2.90. The van der Waals surface area contributed by atoms with E-state index < -0.39 is 0 Å². The van der Waals surface area contributed by atoms with Crippen molar-refractivity contribution in [3.05, 3.63) is 53.6 Å². The minimum atomic E-state index is 0.142. The Balaban J connectivity index is 1.78. The van der Waals surface area contributed by atoms with Gasteiger partial charge in [-0.2, -0.15) is 0 Å². The Morgan fingerprint density at radius 3 is 2.41 bits per heavy atom. The lowest BCUT2D eigenvalue weighted by atomic mass is 10.0. The number of phenols is 1. The highest BCUT2D eigenvalue weighted by atomic mass is 16.5. The summed E-state index contributed by atoms with van der Waals surface area (Å²) in [6.45, 7) is 3.79. The average Bonchev–Trinajstić information content (AvgIpc) is 2.73.